The lowest BCUT2D eigenvalue weighted by Crippen LogP contribution is -2.26. The molecular weight excluding hydrogens is 576 g/mol. The number of methoxy groups -OCH3 is 1. The van der Waals surface area contributed by atoms with Gasteiger partial charge in [-0.15, -0.1) is 0 Å². The fourth-order valence-electron chi connectivity index (χ4n) is 6.02. The second-order valence-corrected chi connectivity index (χ2v) is 12.0. The van der Waals surface area contributed by atoms with Gasteiger partial charge in [-0.25, -0.2) is 4.79 Å². The van der Waals surface area contributed by atoms with Crippen LogP contribution < -0.4 is 4.74 Å². The monoisotopic (exact) mass is 624 g/mol. The van der Waals surface area contributed by atoms with Crippen LogP contribution in [0.25, 0.3) is 11.1 Å². The third kappa shape index (κ3) is 10.7. The first kappa shape index (κ1) is 34.7. The number of aliphatic hydroxyl groups excluding tert-OH is 1. The summed E-state index contributed by atoms with van der Waals surface area (Å²) in [7, 11) is 1.41. The van der Waals surface area contributed by atoms with Gasteiger partial charge in [0.25, 0.3) is 0 Å². The van der Waals surface area contributed by atoms with E-state index in [0.717, 1.165) is 42.6 Å². The van der Waals surface area contributed by atoms with E-state index in [1.807, 2.05) is 97.1 Å². The molecular formula is C40H48O6. The lowest BCUT2D eigenvalue weighted by molar-refractivity contribution is -0.140. The Morgan fingerprint density at radius 1 is 0.870 bits per heavy atom. The van der Waals surface area contributed by atoms with E-state index in [0.29, 0.717) is 37.7 Å². The molecule has 0 aliphatic heterocycles. The van der Waals surface area contributed by atoms with Crippen LogP contribution in [0, 0.1) is 11.8 Å². The number of hydrogen-bond acceptors (Lipinski definition) is 6. The minimum Gasteiger partial charge on any atom is -0.490 e. The smallest absolute Gasteiger partial charge is 0.338 e. The van der Waals surface area contributed by atoms with E-state index in [1.165, 1.54) is 7.11 Å². The molecule has 1 aliphatic rings. The van der Waals surface area contributed by atoms with Gasteiger partial charge in [-0.1, -0.05) is 111 Å². The zero-order chi connectivity index (χ0) is 32.6. The average Bonchev–Trinajstić information content (AvgIpc) is 3.40. The first-order valence-corrected chi connectivity index (χ1v) is 16.6. The van der Waals surface area contributed by atoms with E-state index in [-0.39, 0.29) is 29.9 Å². The predicted octanol–water partition coefficient (Wildman–Crippen LogP) is 8.75. The van der Waals surface area contributed by atoms with Crippen molar-refractivity contribution in [3.8, 4) is 16.9 Å². The van der Waals surface area contributed by atoms with Crippen molar-refractivity contribution in [2.24, 2.45) is 11.8 Å². The van der Waals surface area contributed by atoms with Crippen LogP contribution in [0.4, 0.5) is 0 Å². The second-order valence-electron chi connectivity index (χ2n) is 12.0. The maximum Gasteiger partial charge on any atom is 0.338 e. The number of benzene rings is 3. The van der Waals surface area contributed by atoms with Gasteiger partial charge in [0.2, 0.25) is 0 Å². The number of hydrogen-bond donors (Lipinski definition) is 1. The SMILES string of the molecule is CCCCCC(O)/C=C/[C@@H]1[C@@H](C/C=C\CCCC(=O)OC)[C@H](Oc2ccccc2)C[C@H]1OC(=O)c1ccc(-c2ccccc2)cc1. The minimum atomic E-state index is -0.558. The molecule has 6 heteroatoms. The van der Waals surface area contributed by atoms with Crippen molar-refractivity contribution in [2.45, 2.75) is 83.0 Å². The van der Waals surface area contributed by atoms with Crippen molar-refractivity contribution in [2.75, 3.05) is 7.11 Å². The summed E-state index contributed by atoms with van der Waals surface area (Å²) >= 11 is 0. The third-order valence-electron chi connectivity index (χ3n) is 8.60. The fraction of sp³-hybridized carbons (Fsp3) is 0.400. The number of esters is 2. The first-order chi connectivity index (χ1) is 22.5. The summed E-state index contributed by atoms with van der Waals surface area (Å²) < 4.78 is 17.5. The third-order valence-corrected chi connectivity index (χ3v) is 8.60. The van der Waals surface area contributed by atoms with Crippen LogP contribution in [-0.2, 0) is 14.3 Å². The van der Waals surface area contributed by atoms with Crippen LogP contribution in [0.1, 0.15) is 75.1 Å². The molecule has 1 saturated carbocycles. The molecule has 3 aromatic rings. The van der Waals surface area contributed by atoms with E-state index >= 15 is 0 Å². The zero-order valence-electron chi connectivity index (χ0n) is 27.1. The molecule has 1 aliphatic carbocycles. The van der Waals surface area contributed by atoms with E-state index in [2.05, 4.69) is 19.1 Å². The Labute approximate surface area is 274 Å². The molecule has 0 spiro atoms. The van der Waals surface area contributed by atoms with Gasteiger partial charge >= 0.3 is 11.9 Å². The molecule has 46 heavy (non-hydrogen) atoms. The average molecular weight is 625 g/mol. The van der Waals surface area contributed by atoms with Crippen molar-refractivity contribution >= 4 is 11.9 Å². The summed E-state index contributed by atoms with van der Waals surface area (Å²) in [5, 5.41) is 10.8. The molecule has 0 heterocycles. The maximum atomic E-state index is 13.5. The van der Waals surface area contributed by atoms with Crippen LogP contribution in [-0.4, -0.2) is 42.5 Å². The first-order valence-electron chi connectivity index (χ1n) is 16.6. The van der Waals surface area contributed by atoms with Crippen LogP contribution in [0.3, 0.4) is 0 Å². The fourth-order valence-corrected chi connectivity index (χ4v) is 6.02. The molecule has 0 bridgehead atoms. The van der Waals surface area contributed by atoms with Gasteiger partial charge < -0.3 is 19.3 Å². The number of para-hydroxylation sites is 1. The summed E-state index contributed by atoms with van der Waals surface area (Å²) in [5.74, 6) is 0.0492. The lowest BCUT2D eigenvalue weighted by Gasteiger charge is -2.24. The number of allylic oxidation sites excluding steroid dienone is 2. The second kappa shape index (κ2) is 18.7. The zero-order valence-corrected chi connectivity index (χ0v) is 27.1. The van der Waals surface area contributed by atoms with Crippen molar-refractivity contribution in [3.63, 3.8) is 0 Å². The number of ether oxygens (including phenoxy) is 3. The summed E-state index contributed by atoms with van der Waals surface area (Å²) in [6.07, 6.45) is 13.9. The van der Waals surface area contributed by atoms with E-state index < -0.39 is 12.2 Å². The Hall–Kier alpha value is -4.16. The predicted molar refractivity (Wildman–Crippen MR) is 182 cm³/mol. The molecule has 0 radical (unpaired) electrons. The Morgan fingerprint density at radius 2 is 1.57 bits per heavy atom. The van der Waals surface area contributed by atoms with E-state index in [1.54, 1.807) is 0 Å². The maximum absolute atomic E-state index is 13.5. The number of carbonyl (C=O) groups excluding carboxylic acids is 2. The Kier molecular flexibility index (Phi) is 14.1. The minimum absolute atomic E-state index is 0.00871. The Balaban J connectivity index is 1.53. The molecule has 0 saturated heterocycles. The van der Waals surface area contributed by atoms with Crippen molar-refractivity contribution in [1.82, 2.24) is 0 Å². The van der Waals surface area contributed by atoms with Gasteiger partial charge in [0.15, 0.2) is 0 Å². The molecule has 1 unspecified atom stereocenters. The number of aliphatic hydroxyl groups is 1. The Bertz CT molecular complexity index is 1380. The van der Waals surface area contributed by atoms with Crippen LogP contribution in [0.2, 0.25) is 0 Å². The van der Waals surface area contributed by atoms with Gasteiger partial charge in [0.05, 0.1) is 18.8 Å². The Morgan fingerprint density at radius 3 is 2.26 bits per heavy atom. The van der Waals surface area contributed by atoms with Crippen LogP contribution in [0.5, 0.6) is 5.75 Å². The number of carbonyl (C=O) groups is 2. The van der Waals surface area contributed by atoms with E-state index in [4.69, 9.17) is 14.2 Å². The highest BCUT2D eigenvalue weighted by Gasteiger charge is 2.45. The number of unbranched alkanes of at least 4 members (excludes halogenated alkanes) is 3. The molecule has 3 aromatic carbocycles. The molecule has 4 rings (SSSR count). The van der Waals surface area contributed by atoms with Gasteiger partial charge in [-0.05, 0) is 61.1 Å². The van der Waals surface area contributed by atoms with Gasteiger partial charge in [0.1, 0.15) is 18.0 Å². The molecule has 6 nitrogen and oxygen atoms in total. The lowest BCUT2D eigenvalue weighted by atomic mass is 9.89. The summed E-state index contributed by atoms with van der Waals surface area (Å²) in [6, 6.07) is 27.3. The molecule has 1 N–H and O–H groups in total. The highest BCUT2D eigenvalue weighted by atomic mass is 16.5. The highest BCUT2D eigenvalue weighted by Crippen LogP contribution is 2.41. The largest absolute Gasteiger partial charge is 0.490 e. The van der Waals surface area contributed by atoms with Crippen LogP contribution >= 0.6 is 0 Å². The summed E-state index contributed by atoms with van der Waals surface area (Å²) in [6.45, 7) is 2.15. The molecule has 0 amide bonds. The normalized spacial score (nSPS) is 20.2. The van der Waals surface area contributed by atoms with Crippen LogP contribution in [0.15, 0.2) is 109 Å². The standard InChI is InChI=1S/C40H48O6/c1-3-4-9-18-33(41)27-28-36-35(21-14-5-6-15-22-39(42)44-2)37(45-34-19-12-8-13-20-34)29-38(36)46-40(43)32-25-23-31(24-26-32)30-16-10-7-11-17-30/h5,7-8,10-14,16-17,19-20,23-28,33,35-38,41H,3-4,6,9,15,18,21-22,29H2,1-2H3/b14-5-,28-27+/t33?,35-,36-,37-,38-/m1/s1. The molecule has 244 valence electrons. The van der Waals surface area contributed by atoms with Crippen molar-refractivity contribution in [1.29, 1.82) is 0 Å². The summed E-state index contributed by atoms with van der Waals surface area (Å²) in [4.78, 5) is 25.0. The van der Waals surface area contributed by atoms with Crippen molar-refractivity contribution < 1.29 is 28.9 Å². The highest BCUT2D eigenvalue weighted by molar-refractivity contribution is 5.90. The molecule has 1 fully saturated rings. The quantitative estimate of drug-likeness (QED) is 0.0919. The van der Waals surface area contributed by atoms with Gasteiger partial charge in [-0.2, -0.15) is 0 Å². The molecule has 0 aromatic heterocycles. The van der Waals surface area contributed by atoms with E-state index in [9.17, 15) is 14.7 Å². The van der Waals surface area contributed by atoms with Gasteiger partial charge in [0, 0.05) is 24.7 Å². The topological polar surface area (TPSA) is 82.1 Å². The molecule has 5 atom stereocenters. The van der Waals surface area contributed by atoms with Crippen molar-refractivity contribution in [3.05, 3.63) is 115 Å². The summed E-state index contributed by atoms with van der Waals surface area (Å²) in [5.41, 5.74) is 2.62. The van der Waals surface area contributed by atoms with Gasteiger partial charge in [-0.3, -0.25) is 4.79 Å². The number of rotatable bonds is 17.